The second-order valence-electron chi connectivity index (χ2n) is 5.34. The smallest absolute Gasteiger partial charge is 0.261 e. The van der Waals surface area contributed by atoms with Crippen LogP contribution >= 0.6 is 15.9 Å². The van der Waals surface area contributed by atoms with Crippen molar-refractivity contribution in [2.24, 2.45) is 0 Å². The lowest BCUT2D eigenvalue weighted by Crippen LogP contribution is -2.21. The summed E-state index contributed by atoms with van der Waals surface area (Å²) < 4.78 is 2.58. The average molecular weight is 343 g/mol. The molecular formula is C17H15BrN2O. The van der Waals surface area contributed by atoms with Gasteiger partial charge in [-0.15, -0.1) is 0 Å². The van der Waals surface area contributed by atoms with Crippen molar-refractivity contribution in [2.45, 2.75) is 20.4 Å². The molecule has 0 aliphatic carbocycles. The highest BCUT2D eigenvalue weighted by molar-refractivity contribution is 9.10. The standard InChI is InChI=1S/C17H15BrN2O/c1-11-5-12(2)7-13(6-11)9-20-10-19-16-8-14(18)3-4-15(16)17(20)21/h3-8,10H,9H2,1-2H3. The van der Waals surface area contributed by atoms with Gasteiger partial charge in [0.15, 0.2) is 0 Å². The molecule has 1 aromatic heterocycles. The van der Waals surface area contributed by atoms with E-state index < -0.39 is 0 Å². The molecule has 0 spiro atoms. The predicted octanol–water partition coefficient (Wildman–Crippen LogP) is 3.82. The van der Waals surface area contributed by atoms with Crippen LogP contribution in [0.25, 0.3) is 10.9 Å². The van der Waals surface area contributed by atoms with Crippen LogP contribution in [0.3, 0.4) is 0 Å². The summed E-state index contributed by atoms with van der Waals surface area (Å²) in [6.45, 7) is 4.67. The SMILES string of the molecule is Cc1cc(C)cc(Cn2cnc3cc(Br)ccc3c2=O)c1. The summed E-state index contributed by atoms with van der Waals surface area (Å²) >= 11 is 3.40. The van der Waals surface area contributed by atoms with Crippen LogP contribution in [0.1, 0.15) is 16.7 Å². The quantitative estimate of drug-likeness (QED) is 0.709. The van der Waals surface area contributed by atoms with Crippen LogP contribution in [-0.4, -0.2) is 9.55 Å². The van der Waals surface area contributed by atoms with Crippen LogP contribution < -0.4 is 5.56 Å². The molecule has 0 N–H and O–H groups in total. The fraction of sp³-hybridized carbons (Fsp3) is 0.176. The van der Waals surface area contributed by atoms with E-state index in [0.717, 1.165) is 10.0 Å². The van der Waals surface area contributed by atoms with Gasteiger partial charge in [0.05, 0.1) is 23.8 Å². The molecular weight excluding hydrogens is 328 g/mol. The van der Waals surface area contributed by atoms with Crippen LogP contribution in [-0.2, 0) is 6.54 Å². The van der Waals surface area contributed by atoms with E-state index in [4.69, 9.17) is 0 Å². The van der Waals surface area contributed by atoms with Gasteiger partial charge in [0, 0.05) is 4.47 Å². The molecule has 2 aromatic carbocycles. The van der Waals surface area contributed by atoms with Crippen molar-refractivity contribution < 1.29 is 0 Å². The van der Waals surface area contributed by atoms with Gasteiger partial charge in [0.1, 0.15) is 0 Å². The Bertz CT molecular complexity index is 863. The van der Waals surface area contributed by atoms with Crippen molar-refractivity contribution >= 4 is 26.8 Å². The summed E-state index contributed by atoms with van der Waals surface area (Å²) in [4.78, 5) is 16.9. The molecule has 0 fully saturated rings. The van der Waals surface area contributed by atoms with Crippen LogP contribution in [0.15, 0.2) is 52.0 Å². The van der Waals surface area contributed by atoms with Crippen molar-refractivity contribution in [3.05, 3.63) is 74.2 Å². The van der Waals surface area contributed by atoms with Crippen LogP contribution in [0.4, 0.5) is 0 Å². The van der Waals surface area contributed by atoms with Crippen molar-refractivity contribution in [2.75, 3.05) is 0 Å². The maximum Gasteiger partial charge on any atom is 0.261 e. The van der Waals surface area contributed by atoms with E-state index >= 15 is 0 Å². The Balaban J connectivity index is 2.07. The van der Waals surface area contributed by atoms with E-state index in [-0.39, 0.29) is 5.56 Å². The van der Waals surface area contributed by atoms with Crippen LogP contribution in [0, 0.1) is 13.8 Å². The number of fused-ring (bicyclic) bond motifs is 1. The zero-order valence-corrected chi connectivity index (χ0v) is 13.5. The van der Waals surface area contributed by atoms with Crippen LogP contribution in [0.2, 0.25) is 0 Å². The maximum atomic E-state index is 12.5. The second kappa shape index (κ2) is 5.45. The van der Waals surface area contributed by atoms with E-state index in [0.29, 0.717) is 17.4 Å². The first-order valence-corrected chi connectivity index (χ1v) is 7.54. The summed E-state index contributed by atoms with van der Waals surface area (Å²) in [5.41, 5.74) is 4.23. The number of benzene rings is 2. The number of nitrogens with zero attached hydrogens (tertiary/aromatic N) is 2. The Morgan fingerprint density at radius 3 is 2.52 bits per heavy atom. The molecule has 3 rings (SSSR count). The highest BCUT2D eigenvalue weighted by Crippen LogP contribution is 2.15. The first-order chi connectivity index (χ1) is 10.0. The molecule has 0 amide bonds. The van der Waals surface area contributed by atoms with E-state index in [1.807, 2.05) is 18.2 Å². The molecule has 0 saturated heterocycles. The molecule has 0 aliphatic heterocycles. The first kappa shape index (κ1) is 14.0. The Hall–Kier alpha value is -1.94. The maximum absolute atomic E-state index is 12.5. The molecule has 0 unspecified atom stereocenters. The van der Waals surface area contributed by atoms with Gasteiger partial charge in [-0.3, -0.25) is 9.36 Å². The third-order valence-electron chi connectivity index (χ3n) is 3.42. The number of aryl methyl sites for hydroxylation is 2. The highest BCUT2D eigenvalue weighted by Gasteiger charge is 2.05. The summed E-state index contributed by atoms with van der Waals surface area (Å²) in [5, 5.41) is 0.644. The Morgan fingerprint density at radius 2 is 1.81 bits per heavy atom. The second-order valence-corrected chi connectivity index (χ2v) is 6.25. The summed E-state index contributed by atoms with van der Waals surface area (Å²) in [6, 6.07) is 11.9. The molecule has 1 heterocycles. The predicted molar refractivity (Wildman–Crippen MR) is 88.7 cm³/mol. The zero-order chi connectivity index (χ0) is 15.0. The third kappa shape index (κ3) is 2.90. The number of rotatable bonds is 2. The Morgan fingerprint density at radius 1 is 1.10 bits per heavy atom. The molecule has 21 heavy (non-hydrogen) atoms. The third-order valence-corrected chi connectivity index (χ3v) is 3.91. The molecule has 4 heteroatoms. The summed E-state index contributed by atoms with van der Waals surface area (Å²) in [5.74, 6) is 0. The van der Waals surface area contributed by atoms with E-state index in [9.17, 15) is 4.79 Å². The molecule has 0 radical (unpaired) electrons. The number of hydrogen-bond donors (Lipinski definition) is 0. The first-order valence-electron chi connectivity index (χ1n) is 6.75. The summed E-state index contributed by atoms with van der Waals surface area (Å²) in [6.07, 6.45) is 1.62. The molecule has 106 valence electrons. The van der Waals surface area contributed by atoms with Gasteiger partial charge in [-0.1, -0.05) is 45.3 Å². The molecule has 0 saturated carbocycles. The lowest BCUT2D eigenvalue weighted by Gasteiger charge is -2.09. The summed E-state index contributed by atoms with van der Waals surface area (Å²) in [7, 11) is 0. The van der Waals surface area contributed by atoms with E-state index in [1.54, 1.807) is 10.9 Å². The topological polar surface area (TPSA) is 34.9 Å². The number of hydrogen-bond acceptors (Lipinski definition) is 2. The Labute approximate surface area is 131 Å². The minimum Gasteiger partial charge on any atom is -0.294 e. The van der Waals surface area contributed by atoms with Crippen molar-refractivity contribution in [1.82, 2.24) is 9.55 Å². The van der Waals surface area contributed by atoms with Crippen LogP contribution in [0.5, 0.6) is 0 Å². The van der Waals surface area contributed by atoms with Crippen molar-refractivity contribution in [3.63, 3.8) is 0 Å². The molecule has 0 bridgehead atoms. The highest BCUT2D eigenvalue weighted by atomic mass is 79.9. The van der Waals surface area contributed by atoms with Gasteiger partial charge in [0.2, 0.25) is 0 Å². The fourth-order valence-electron chi connectivity index (χ4n) is 2.60. The average Bonchev–Trinajstić information content (AvgIpc) is 2.41. The molecule has 3 aromatic rings. The zero-order valence-electron chi connectivity index (χ0n) is 11.9. The van der Waals surface area contributed by atoms with E-state index in [1.165, 1.54) is 11.1 Å². The van der Waals surface area contributed by atoms with Gasteiger partial charge < -0.3 is 0 Å². The lowest BCUT2D eigenvalue weighted by atomic mass is 10.1. The number of halogens is 1. The lowest BCUT2D eigenvalue weighted by molar-refractivity contribution is 0.747. The Kier molecular flexibility index (Phi) is 3.64. The largest absolute Gasteiger partial charge is 0.294 e. The fourth-order valence-corrected chi connectivity index (χ4v) is 2.95. The van der Waals surface area contributed by atoms with Gasteiger partial charge in [-0.2, -0.15) is 0 Å². The minimum absolute atomic E-state index is 0.00772. The monoisotopic (exact) mass is 342 g/mol. The normalized spacial score (nSPS) is 11.0. The molecule has 3 nitrogen and oxygen atoms in total. The van der Waals surface area contributed by atoms with Gasteiger partial charge in [0.25, 0.3) is 5.56 Å². The van der Waals surface area contributed by atoms with Crippen molar-refractivity contribution in [1.29, 1.82) is 0 Å². The molecule has 0 atom stereocenters. The van der Waals surface area contributed by atoms with Gasteiger partial charge >= 0.3 is 0 Å². The molecule has 0 aliphatic rings. The minimum atomic E-state index is -0.00772. The van der Waals surface area contributed by atoms with Gasteiger partial charge in [-0.05, 0) is 37.6 Å². The van der Waals surface area contributed by atoms with Crippen molar-refractivity contribution in [3.8, 4) is 0 Å². The number of aromatic nitrogens is 2. The van der Waals surface area contributed by atoms with E-state index in [2.05, 4.69) is 53.0 Å². The van der Waals surface area contributed by atoms with Gasteiger partial charge in [-0.25, -0.2) is 4.98 Å².